The Hall–Kier alpha value is -1.42. The first-order chi connectivity index (χ1) is 7.17. The van der Waals surface area contributed by atoms with E-state index in [2.05, 4.69) is 11.7 Å². The van der Waals surface area contributed by atoms with E-state index in [1.807, 2.05) is 13.1 Å². The molecular formula is C11H17N3O. The van der Waals surface area contributed by atoms with E-state index in [0.29, 0.717) is 12.8 Å². The molecule has 4 nitrogen and oxygen atoms in total. The van der Waals surface area contributed by atoms with E-state index in [4.69, 9.17) is 5.73 Å². The number of aromatic nitrogens is 2. The van der Waals surface area contributed by atoms with Crippen LogP contribution < -0.4 is 5.73 Å². The number of ketones is 1. The third kappa shape index (κ3) is 3.32. The van der Waals surface area contributed by atoms with E-state index in [1.165, 1.54) is 0 Å². The fourth-order valence-electron chi connectivity index (χ4n) is 1.31. The Morgan fingerprint density at radius 3 is 3.07 bits per heavy atom. The molecular weight excluding hydrogens is 190 g/mol. The topological polar surface area (TPSA) is 60.9 Å². The highest BCUT2D eigenvalue weighted by Crippen LogP contribution is 2.02. The molecule has 1 aromatic rings. The van der Waals surface area contributed by atoms with Crippen molar-refractivity contribution in [1.82, 2.24) is 9.78 Å². The third-order valence-electron chi connectivity index (χ3n) is 2.22. The molecule has 0 fully saturated rings. The number of nitrogens with zero attached hydrogens (tertiary/aromatic N) is 2. The lowest BCUT2D eigenvalue weighted by atomic mass is 10.0. The summed E-state index contributed by atoms with van der Waals surface area (Å²) in [6, 6.07) is -0.438. The molecule has 82 valence electrons. The Morgan fingerprint density at radius 2 is 2.53 bits per heavy atom. The van der Waals surface area contributed by atoms with Crippen molar-refractivity contribution in [2.24, 2.45) is 5.73 Å². The van der Waals surface area contributed by atoms with Crippen LogP contribution in [0.3, 0.4) is 0 Å². The molecule has 0 aliphatic heterocycles. The van der Waals surface area contributed by atoms with Crippen LogP contribution in [0.15, 0.2) is 25.0 Å². The summed E-state index contributed by atoms with van der Waals surface area (Å²) in [5.74, 6) is 0.0329. The first-order valence-electron chi connectivity index (χ1n) is 5.08. The second kappa shape index (κ2) is 5.46. The molecule has 1 atom stereocenters. The highest BCUT2D eigenvalue weighted by Gasteiger charge is 2.13. The van der Waals surface area contributed by atoms with Gasteiger partial charge in [0.15, 0.2) is 5.78 Å². The minimum Gasteiger partial charge on any atom is -0.321 e. The summed E-state index contributed by atoms with van der Waals surface area (Å²) in [5.41, 5.74) is 6.58. The molecule has 0 aliphatic rings. The summed E-state index contributed by atoms with van der Waals surface area (Å²) in [4.78, 5) is 11.6. The van der Waals surface area contributed by atoms with Gasteiger partial charge < -0.3 is 5.73 Å². The van der Waals surface area contributed by atoms with Crippen LogP contribution in [0.4, 0.5) is 0 Å². The summed E-state index contributed by atoms with van der Waals surface area (Å²) in [6.07, 6.45) is 6.13. The molecule has 1 unspecified atom stereocenters. The summed E-state index contributed by atoms with van der Waals surface area (Å²) in [7, 11) is 0. The lowest BCUT2D eigenvalue weighted by Gasteiger charge is -2.05. The van der Waals surface area contributed by atoms with E-state index in [9.17, 15) is 4.79 Å². The summed E-state index contributed by atoms with van der Waals surface area (Å²) in [6.45, 7) is 6.37. The highest BCUT2D eigenvalue weighted by atomic mass is 16.1. The number of carbonyl (C=O) groups is 1. The summed E-state index contributed by atoms with van der Waals surface area (Å²) < 4.78 is 1.79. The molecule has 0 spiro atoms. The molecule has 0 radical (unpaired) electrons. The quantitative estimate of drug-likeness (QED) is 0.705. The largest absolute Gasteiger partial charge is 0.321 e. The van der Waals surface area contributed by atoms with Crippen LogP contribution in [0.2, 0.25) is 0 Å². The normalized spacial score (nSPS) is 12.4. The molecule has 2 N–H and O–H groups in total. The van der Waals surface area contributed by atoms with E-state index in [0.717, 1.165) is 12.1 Å². The monoisotopic (exact) mass is 207 g/mol. The van der Waals surface area contributed by atoms with Crippen molar-refractivity contribution in [3.63, 3.8) is 0 Å². The van der Waals surface area contributed by atoms with Crippen molar-refractivity contribution >= 4 is 5.78 Å². The smallest absolute Gasteiger partial charge is 0.154 e. The van der Waals surface area contributed by atoms with Gasteiger partial charge in [-0.05, 0) is 18.9 Å². The molecule has 4 heteroatoms. The van der Waals surface area contributed by atoms with Crippen molar-refractivity contribution in [2.75, 3.05) is 0 Å². The Labute approximate surface area is 89.8 Å². The predicted molar refractivity (Wildman–Crippen MR) is 59.4 cm³/mol. The van der Waals surface area contributed by atoms with E-state index < -0.39 is 6.04 Å². The number of hydrogen-bond donors (Lipinski definition) is 1. The maximum atomic E-state index is 11.6. The second-order valence-electron chi connectivity index (χ2n) is 3.48. The van der Waals surface area contributed by atoms with Gasteiger partial charge in [-0.25, -0.2) is 0 Å². The van der Waals surface area contributed by atoms with Crippen LogP contribution in [0, 0.1) is 0 Å². The van der Waals surface area contributed by atoms with Crippen LogP contribution in [0.5, 0.6) is 0 Å². The van der Waals surface area contributed by atoms with Crippen LogP contribution in [0.25, 0.3) is 0 Å². The van der Waals surface area contributed by atoms with Gasteiger partial charge in [-0.2, -0.15) is 5.10 Å². The SMILES string of the molecule is C=CCC(N)C(=O)Cc1cnn(CC)c1. The van der Waals surface area contributed by atoms with Crippen LogP contribution in [-0.4, -0.2) is 21.6 Å². The van der Waals surface area contributed by atoms with E-state index in [1.54, 1.807) is 17.0 Å². The molecule has 1 heterocycles. The minimum atomic E-state index is -0.438. The van der Waals surface area contributed by atoms with E-state index in [-0.39, 0.29) is 5.78 Å². The van der Waals surface area contributed by atoms with Crippen molar-refractivity contribution in [1.29, 1.82) is 0 Å². The van der Waals surface area contributed by atoms with Gasteiger partial charge in [0, 0.05) is 19.2 Å². The molecule has 0 aromatic carbocycles. The van der Waals surface area contributed by atoms with Crippen LogP contribution >= 0.6 is 0 Å². The standard InChI is InChI=1S/C11H17N3O/c1-3-5-10(12)11(15)6-9-7-13-14(4-2)8-9/h3,7-8,10H,1,4-6,12H2,2H3. The van der Waals surface area contributed by atoms with Gasteiger partial charge in [-0.15, -0.1) is 6.58 Å². The van der Waals surface area contributed by atoms with Crippen molar-refractivity contribution in [3.05, 3.63) is 30.6 Å². The first kappa shape index (κ1) is 11.7. The number of aryl methyl sites for hydroxylation is 1. The second-order valence-corrected chi connectivity index (χ2v) is 3.48. The van der Waals surface area contributed by atoms with Gasteiger partial charge in [0.1, 0.15) is 0 Å². The molecule has 0 amide bonds. The molecule has 0 saturated carbocycles. The summed E-state index contributed by atoms with van der Waals surface area (Å²) in [5, 5.41) is 4.10. The molecule has 0 aliphatic carbocycles. The molecule has 1 rings (SSSR count). The number of carbonyl (C=O) groups excluding carboxylic acids is 1. The fraction of sp³-hybridized carbons (Fsp3) is 0.455. The number of rotatable bonds is 6. The third-order valence-corrected chi connectivity index (χ3v) is 2.22. The van der Waals surface area contributed by atoms with Gasteiger partial charge in [0.05, 0.1) is 12.2 Å². The Kier molecular flexibility index (Phi) is 4.24. The van der Waals surface area contributed by atoms with E-state index >= 15 is 0 Å². The molecule has 15 heavy (non-hydrogen) atoms. The zero-order chi connectivity index (χ0) is 11.3. The van der Waals surface area contributed by atoms with Gasteiger partial charge >= 0.3 is 0 Å². The molecule has 1 aromatic heterocycles. The van der Waals surface area contributed by atoms with Crippen molar-refractivity contribution in [2.45, 2.75) is 32.4 Å². The fourth-order valence-corrected chi connectivity index (χ4v) is 1.31. The zero-order valence-electron chi connectivity index (χ0n) is 9.02. The Bertz CT molecular complexity index is 343. The number of hydrogen-bond acceptors (Lipinski definition) is 3. The maximum Gasteiger partial charge on any atom is 0.154 e. The van der Waals surface area contributed by atoms with Crippen molar-refractivity contribution in [3.8, 4) is 0 Å². The van der Waals surface area contributed by atoms with Crippen LogP contribution in [0.1, 0.15) is 18.9 Å². The average molecular weight is 207 g/mol. The van der Waals surface area contributed by atoms with Gasteiger partial charge in [0.25, 0.3) is 0 Å². The first-order valence-corrected chi connectivity index (χ1v) is 5.08. The van der Waals surface area contributed by atoms with Crippen LogP contribution in [-0.2, 0) is 17.8 Å². The number of Topliss-reactive ketones (excluding diaryl/α,β-unsaturated/α-hetero) is 1. The molecule has 0 saturated heterocycles. The molecule has 0 bridgehead atoms. The van der Waals surface area contributed by atoms with Gasteiger partial charge in [-0.3, -0.25) is 9.48 Å². The summed E-state index contributed by atoms with van der Waals surface area (Å²) >= 11 is 0. The Balaban J connectivity index is 2.53. The van der Waals surface area contributed by atoms with Crippen molar-refractivity contribution < 1.29 is 4.79 Å². The minimum absolute atomic E-state index is 0.0329. The number of nitrogens with two attached hydrogens (primary N) is 1. The van der Waals surface area contributed by atoms with Gasteiger partial charge in [0.2, 0.25) is 0 Å². The lowest BCUT2D eigenvalue weighted by Crippen LogP contribution is -2.31. The predicted octanol–water partition coefficient (Wildman–Crippen LogP) is 0.918. The average Bonchev–Trinajstić information content (AvgIpc) is 2.66. The highest BCUT2D eigenvalue weighted by molar-refractivity contribution is 5.85. The zero-order valence-corrected chi connectivity index (χ0v) is 9.02. The Morgan fingerprint density at radius 1 is 1.80 bits per heavy atom. The van der Waals surface area contributed by atoms with Gasteiger partial charge in [-0.1, -0.05) is 6.08 Å². The lowest BCUT2D eigenvalue weighted by molar-refractivity contribution is -0.119. The maximum absolute atomic E-state index is 11.6.